The average molecular weight is 552 g/mol. The van der Waals surface area contributed by atoms with Crippen molar-refractivity contribution in [2.24, 2.45) is 4.99 Å². The van der Waals surface area contributed by atoms with Crippen LogP contribution in [0, 0.1) is 0 Å². The summed E-state index contributed by atoms with van der Waals surface area (Å²) in [5.41, 5.74) is 3.01. The van der Waals surface area contributed by atoms with Crippen LogP contribution in [0.2, 0.25) is 0 Å². The largest absolute Gasteiger partial charge is 0.357 e. The molecular weight excluding hydrogens is 513 g/mol. The monoisotopic (exact) mass is 551 g/mol. The lowest BCUT2D eigenvalue weighted by Gasteiger charge is -2.25. The van der Waals surface area contributed by atoms with E-state index in [9.17, 15) is 4.79 Å². The second-order valence-electron chi connectivity index (χ2n) is 7.72. The van der Waals surface area contributed by atoms with Crippen molar-refractivity contribution in [1.29, 1.82) is 0 Å². The summed E-state index contributed by atoms with van der Waals surface area (Å²) in [7, 11) is 2.17. The maximum atomic E-state index is 12.0. The normalized spacial score (nSPS) is 12.1. The minimum absolute atomic E-state index is 0. The molecule has 0 spiro atoms. The van der Waals surface area contributed by atoms with Crippen molar-refractivity contribution < 1.29 is 4.79 Å². The predicted octanol–water partition coefficient (Wildman–Crippen LogP) is 4.02. The fraction of sp³-hybridized carbons (Fsp3) is 0.440. The van der Waals surface area contributed by atoms with E-state index in [0.29, 0.717) is 24.7 Å². The molecule has 0 aliphatic rings. The smallest absolute Gasteiger partial charge is 0.251 e. The first-order valence-corrected chi connectivity index (χ1v) is 11.2. The van der Waals surface area contributed by atoms with E-state index in [1.807, 2.05) is 31.2 Å². The van der Waals surface area contributed by atoms with Crippen LogP contribution in [0.5, 0.6) is 0 Å². The first-order valence-electron chi connectivity index (χ1n) is 11.2. The van der Waals surface area contributed by atoms with Crippen LogP contribution in [0.25, 0.3) is 0 Å². The Morgan fingerprint density at radius 2 is 1.66 bits per heavy atom. The molecule has 1 atom stereocenters. The number of halogens is 1. The zero-order valence-corrected chi connectivity index (χ0v) is 22.1. The van der Waals surface area contributed by atoms with Gasteiger partial charge >= 0.3 is 0 Å². The Bertz CT molecular complexity index is 828. The predicted molar refractivity (Wildman–Crippen MR) is 145 cm³/mol. The molecule has 0 fully saturated rings. The Balaban J connectivity index is 0.00000512. The minimum atomic E-state index is -0.0491. The van der Waals surface area contributed by atoms with E-state index < -0.39 is 0 Å². The molecule has 0 radical (unpaired) electrons. The highest BCUT2D eigenvalue weighted by Gasteiger charge is 2.10. The summed E-state index contributed by atoms with van der Waals surface area (Å²) >= 11 is 0. The molecule has 0 heterocycles. The van der Waals surface area contributed by atoms with Crippen LogP contribution in [0.15, 0.2) is 59.6 Å². The van der Waals surface area contributed by atoms with Gasteiger partial charge in [-0.2, -0.15) is 0 Å². The SMILES string of the molecule is CCNC(=O)c1cccc(CN=C(NCC)NCCC(C)N(C)Cc2ccccc2)c1.I. The first-order chi connectivity index (χ1) is 15.0. The number of carbonyl (C=O) groups is 1. The molecule has 0 aliphatic heterocycles. The van der Waals surface area contributed by atoms with Crippen LogP contribution in [0.4, 0.5) is 0 Å². The first kappa shape index (κ1) is 27.9. The number of hydrogen-bond donors (Lipinski definition) is 3. The van der Waals surface area contributed by atoms with Crippen molar-refractivity contribution in [3.05, 3.63) is 71.3 Å². The number of benzene rings is 2. The Morgan fingerprint density at radius 1 is 0.969 bits per heavy atom. The Labute approximate surface area is 210 Å². The van der Waals surface area contributed by atoms with Crippen molar-refractivity contribution in [2.75, 3.05) is 26.7 Å². The van der Waals surface area contributed by atoms with E-state index in [1.165, 1.54) is 5.56 Å². The highest BCUT2D eigenvalue weighted by molar-refractivity contribution is 14.0. The second-order valence-corrected chi connectivity index (χ2v) is 7.72. The van der Waals surface area contributed by atoms with Crippen molar-refractivity contribution in [3.63, 3.8) is 0 Å². The van der Waals surface area contributed by atoms with Crippen LogP contribution in [0.1, 0.15) is 48.7 Å². The molecule has 176 valence electrons. The molecule has 1 unspecified atom stereocenters. The standard InChI is InChI=1S/C25H37N5O.HI/c1-5-26-24(31)23-14-10-13-22(17-23)18-29-25(27-6-2)28-16-15-20(3)30(4)19-21-11-8-7-9-12-21;/h7-14,17,20H,5-6,15-16,18-19H2,1-4H3,(H,26,31)(H2,27,28,29);1H. The molecule has 0 aliphatic carbocycles. The van der Waals surface area contributed by atoms with E-state index in [0.717, 1.165) is 37.6 Å². The van der Waals surface area contributed by atoms with Gasteiger partial charge in [-0.05, 0) is 57.5 Å². The number of hydrogen-bond acceptors (Lipinski definition) is 3. The van der Waals surface area contributed by atoms with Gasteiger partial charge in [0.2, 0.25) is 0 Å². The second kappa shape index (κ2) is 15.6. The third-order valence-corrected chi connectivity index (χ3v) is 5.17. The molecule has 0 saturated heterocycles. The van der Waals surface area contributed by atoms with Gasteiger partial charge in [0, 0.05) is 37.8 Å². The van der Waals surface area contributed by atoms with Gasteiger partial charge in [0.05, 0.1) is 6.54 Å². The average Bonchev–Trinajstić information content (AvgIpc) is 2.78. The van der Waals surface area contributed by atoms with E-state index in [-0.39, 0.29) is 29.9 Å². The van der Waals surface area contributed by atoms with Gasteiger partial charge in [-0.25, -0.2) is 4.99 Å². The van der Waals surface area contributed by atoms with Gasteiger partial charge in [-0.3, -0.25) is 9.69 Å². The third-order valence-electron chi connectivity index (χ3n) is 5.17. The van der Waals surface area contributed by atoms with Crippen LogP contribution >= 0.6 is 24.0 Å². The molecule has 3 N–H and O–H groups in total. The van der Waals surface area contributed by atoms with Crippen molar-refractivity contribution in [3.8, 4) is 0 Å². The number of carbonyl (C=O) groups excluding carboxylic acids is 1. The topological polar surface area (TPSA) is 68.8 Å². The minimum Gasteiger partial charge on any atom is -0.357 e. The van der Waals surface area contributed by atoms with Gasteiger partial charge in [0.25, 0.3) is 5.91 Å². The van der Waals surface area contributed by atoms with E-state index in [4.69, 9.17) is 0 Å². The summed E-state index contributed by atoms with van der Waals surface area (Å²) in [6.45, 7) is 9.95. The van der Waals surface area contributed by atoms with Crippen molar-refractivity contribution in [2.45, 2.75) is 46.3 Å². The Morgan fingerprint density at radius 3 is 2.34 bits per heavy atom. The van der Waals surface area contributed by atoms with Gasteiger partial charge in [0.1, 0.15) is 0 Å². The highest BCUT2D eigenvalue weighted by Crippen LogP contribution is 2.09. The molecule has 2 rings (SSSR count). The maximum absolute atomic E-state index is 12.0. The van der Waals surface area contributed by atoms with E-state index in [1.54, 1.807) is 0 Å². The fourth-order valence-electron chi connectivity index (χ4n) is 3.23. The van der Waals surface area contributed by atoms with Gasteiger partial charge in [-0.15, -0.1) is 24.0 Å². The Kier molecular flexibility index (Phi) is 13.6. The van der Waals surface area contributed by atoms with Gasteiger partial charge in [-0.1, -0.05) is 42.5 Å². The number of amides is 1. The molecule has 1 amide bonds. The summed E-state index contributed by atoms with van der Waals surface area (Å²) in [5, 5.41) is 9.56. The lowest BCUT2D eigenvalue weighted by Crippen LogP contribution is -2.40. The molecule has 0 aromatic heterocycles. The lowest BCUT2D eigenvalue weighted by atomic mass is 10.1. The number of nitrogens with one attached hydrogen (secondary N) is 3. The van der Waals surface area contributed by atoms with Crippen LogP contribution in [-0.4, -0.2) is 49.5 Å². The molecule has 2 aromatic carbocycles. The van der Waals surface area contributed by atoms with Crippen LogP contribution < -0.4 is 16.0 Å². The number of nitrogens with zero attached hydrogens (tertiary/aromatic N) is 2. The Hall–Kier alpha value is -2.13. The maximum Gasteiger partial charge on any atom is 0.251 e. The summed E-state index contributed by atoms with van der Waals surface area (Å²) in [5.74, 6) is 0.746. The van der Waals surface area contributed by atoms with Crippen molar-refractivity contribution in [1.82, 2.24) is 20.9 Å². The molecule has 0 saturated carbocycles. The molecule has 6 nitrogen and oxygen atoms in total. The lowest BCUT2D eigenvalue weighted by molar-refractivity contribution is 0.0955. The van der Waals surface area contributed by atoms with E-state index in [2.05, 4.69) is 77.1 Å². The number of guanidine groups is 1. The third kappa shape index (κ3) is 9.99. The number of rotatable bonds is 11. The zero-order valence-electron chi connectivity index (χ0n) is 19.7. The molecule has 7 heteroatoms. The molecule has 0 bridgehead atoms. The molecule has 2 aromatic rings. The zero-order chi connectivity index (χ0) is 22.5. The van der Waals surface area contributed by atoms with Crippen LogP contribution in [0.3, 0.4) is 0 Å². The van der Waals surface area contributed by atoms with Gasteiger partial charge < -0.3 is 16.0 Å². The van der Waals surface area contributed by atoms with Crippen LogP contribution in [-0.2, 0) is 13.1 Å². The summed E-state index contributed by atoms with van der Waals surface area (Å²) in [6, 6.07) is 18.6. The van der Waals surface area contributed by atoms with Gasteiger partial charge in [0.15, 0.2) is 5.96 Å². The summed E-state index contributed by atoms with van der Waals surface area (Å²) in [6.07, 6.45) is 1.01. The number of aliphatic imine (C=N–C) groups is 1. The summed E-state index contributed by atoms with van der Waals surface area (Å²) in [4.78, 5) is 19.1. The summed E-state index contributed by atoms with van der Waals surface area (Å²) < 4.78 is 0. The fourth-order valence-corrected chi connectivity index (χ4v) is 3.23. The molecule has 32 heavy (non-hydrogen) atoms. The van der Waals surface area contributed by atoms with E-state index >= 15 is 0 Å². The quantitative estimate of drug-likeness (QED) is 0.224. The highest BCUT2D eigenvalue weighted by atomic mass is 127. The van der Waals surface area contributed by atoms with Crippen molar-refractivity contribution >= 4 is 35.8 Å². The molecular formula is C25H38IN5O.